The Hall–Kier alpha value is -2.04. The molecule has 0 saturated heterocycles. The first-order valence-electron chi connectivity index (χ1n) is 6.60. The molecule has 1 unspecified atom stereocenters. The van der Waals surface area contributed by atoms with Gasteiger partial charge in [0, 0.05) is 17.7 Å². The van der Waals surface area contributed by atoms with E-state index in [0.717, 1.165) is 30.7 Å². The van der Waals surface area contributed by atoms with Crippen molar-refractivity contribution in [2.24, 2.45) is 0 Å². The van der Waals surface area contributed by atoms with Gasteiger partial charge in [0.05, 0.1) is 12.3 Å². The second-order valence-corrected chi connectivity index (χ2v) is 4.79. The van der Waals surface area contributed by atoms with Crippen molar-refractivity contribution in [2.45, 2.75) is 31.9 Å². The number of hydrogen-bond donors (Lipinski definition) is 1. The van der Waals surface area contributed by atoms with Crippen molar-refractivity contribution in [3.63, 3.8) is 0 Å². The average Bonchev–Trinajstić information content (AvgIpc) is 2.90. The van der Waals surface area contributed by atoms with E-state index in [2.05, 4.69) is 10.1 Å². The fourth-order valence-electron chi connectivity index (χ4n) is 2.57. The van der Waals surface area contributed by atoms with Gasteiger partial charge in [-0.25, -0.2) is 0 Å². The van der Waals surface area contributed by atoms with Gasteiger partial charge in [0.15, 0.2) is 0 Å². The van der Waals surface area contributed by atoms with Gasteiger partial charge in [-0.3, -0.25) is 0 Å². The van der Waals surface area contributed by atoms with Crippen molar-refractivity contribution >= 4 is 5.69 Å². The van der Waals surface area contributed by atoms with E-state index in [1.54, 1.807) is 18.4 Å². The Kier molecular flexibility index (Phi) is 3.58. The number of rotatable bonds is 4. The third-order valence-corrected chi connectivity index (χ3v) is 3.47. The molecule has 1 aromatic carbocycles. The quantitative estimate of drug-likeness (QED) is 0.902. The largest absolute Gasteiger partial charge is 0.469 e. The topological polar surface area (TPSA) is 34.4 Å². The highest BCUT2D eigenvalue weighted by atomic mass is 19.3. The predicted molar refractivity (Wildman–Crippen MR) is 71.1 cm³/mol. The monoisotopic (exact) mass is 279 g/mol. The maximum absolute atomic E-state index is 12.1. The van der Waals surface area contributed by atoms with Gasteiger partial charge in [-0.05, 0) is 43.2 Å². The number of hydrogen-bond acceptors (Lipinski definition) is 3. The van der Waals surface area contributed by atoms with Crippen molar-refractivity contribution in [1.82, 2.24) is 0 Å². The maximum Gasteiger partial charge on any atom is 0.387 e. The minimum absolute atomic E-state index is 0.165. The van der Waals surface area contributed by atoms with Crippen LogP contribution in [-0.2, 0) is 6.42 Å². The summed E-state index contributed by atoms with van der Waals surface area (Å²) in [4.78, 5) is 0. The first-order chi connectivity index (χ1) is 9.72. The van der Waals surface area contributed by atoms with Crippen LogP contribution in [0.25, 0.3) is 0 Å². The number of furan rings is 1. The Bertz CT molecular complexity index is 566. The first kappa shape index (κ1) is 13.0. The van der Waals surface area contributed by atoms with Crippen molar-refractivity contribution < 1.29 is 17.9 Å². The molecule has 3 rings (SSSR count). The lowest BCUT2D eigenvalue weighted by Crippen LogP contribution is -2.15. The van der Waals surface area contributed by atoms with Crippen molar-refractivity contribution in [2.75, 3.05) is 5.32 Å². The van der Waals surface area contributed by atoms with Crippen molar-refractivity contribution in [3.05, 3.63) is 47.9 Å². The lowest BCUT2D eigenvalue weighted by molar-refractivity contribution is -0.0498. The molecule has 5 heteroatoms. The van der Waals surface area contributed by atoms with E-state index in [1.807, 2.05) is 6.07 Å². The normalized spacial score (nSPS) is 17.9. The fourth-order valence-corrected chi connectivity index (χ4v) is 2.57. The maximum atomic E-state index is 12.1. The molecule has 2 aromatic rings. The zero-order chi connectivity index (χ0) is 13.9. The van der Waals surface area contributed by atoms with E-state index in [0.29, 0.717) is 0 Å². The molecule has 0 radical (unpaired) electrons. The molecule has 1 heterocycles. The van der Waals surface area contributed by atoms with Crippen LogP contribution in [0, 0.1) is 0 Å². The molecule has 0 amide bonds. The fraction of sp³-hybridized carbons (Fsp3) is 0.333. The number of ether oxygens (including phenoxy) is 1. The third kappa shape index (κ3) is 2.76. The van der Waals surface area contributed by atoms with Gasteiger partial charge < -0.3 is 14.5 Å². The van der Waals surface area contributed by atoms with Crippen LogP contribution in [0.3, 0.4) is 0 Å². The van der Waals surface area contributed by atoms with Crippen LogP contribution in [0.15, 0.2) is 41.0 Å². The zero-order valence-electron chi connectivity index (χ0n) is 10.8. The predicted octanol–water partition coefficient (Wildman–Crippen LogP) is 4.37. The average molecular weight is 279 g/mol. The Morgan fingerprint density at radius 2 is 2.00 bits per heavy atom. The van der Waals surface area contributed by atoms with Gasteiger partial charge in [-0.1, -0.05) is 0 Å². The molecule has 1 N–H and O–H groups in total. The van der Waals surface area contributed by atoms with E-state index in [-0.39, 0.29) is 11.8 Å². The highest BCUT2D eigenvalue weighted by Gasteiger charge is 2.22. The number of fused-ring (bicyclic) bond motifs is 1. The molecular formula is C15H15F2NO2. The molecule has 20 heavy (non-hydrogen) atoms. The van der Waals surface area contributed by atoms with E-state index >= 15 is 0 Å². The van der Waals surface area contributed by atoms with Crippen LogP contribution in [0.4, 0.5) is 14.5 Å². The van der Waals surface area contributed by atoms with Gasteiger partial charge in [0.1, 0.15) is 11.5 Å². The molecule has 0 fully saturated rings. The van der Waals surface area contributed by atoms with Crippen LogP contribution < -0.4 is 10.1 Å². The molecule has 0 spiro atoms. The van der Waals surface area contributed by atoms with Gasteiger partial charge in [0.25, 0.3) is 0 Å². The van der Waals surface area contributed by atoms with Crippen LogP contribution in [0.2, 0.25) is 0 Å². The summed E-state index contributed by atoms with van der Waals surface area (Å²) in [7, 11) is 0. The first-order valence-corrected chi connectivity index (χ1v) is 6.60. The van der Waals surface area contributed by atoms with Crippen LogP contribution in [0.1, 0.15) is 30.2 Å². The molecule has 0 bridgehead atoms. The minimum Gasteiger partial charge on any atom is -0.469 e. The highest BCUT2D eigenvalue weighted by molar-refractivity contribution is 5.48. The molecule has 1 aliphatic rings. The molecule has 0 aliphatic heterocycles. The number of benzene rings is 1. The van der Waals surface area contributed by atoms with E-state index in [9.17, 15) is 8.78 Å². The standard InChI is InChI=1S/C15H15F2NO2/c16-15(17)20-11-6-4-10(5-7-11)18-13-2-1-3-14-12(13)8-9-19-14/h4-9,13,15,18H,1-3H2. The second-order valence-electron chi connectivity index (χ2n) is 4.79. The number of halogens is 2. The Morgan fingerprint density at radius 3 is 2.75 bits per heavy atom. The lowest BCUT2D eigenvalue weighted by atomic mass is 9.93. The van der Waals surface area contributed by atoms with Crippen LogP contribution in [-0.4, -0.2) is 6.61 Å². The van der Waals surface area contributed by atoms with Gasteiger partial charge in [0.2, 0.25) is 0 Å². The van der Waals surface area contributed by atoms with E-state index in [4.69, 9.17) is 4.42 Å². The second kappa shape index (κ2) is 5.53. The summed E-state index contributed by atoms with van der Waals surface area (Å²) < 4.78 is 33.9. The smallest absolute Gasteiger partial charge is 0.387 e. The summed E-state index contributed by atoms with van der Waals surface area (Å²) in [6.45, 7) is -2.79. The highest BCUT2D eigenvalue weighted by Crippen LogP contribution is 2.33. The number of anilines is 1. The third-order valence-electron chi connectivity index (χ3n) is 3.47. The van der Waals surface area contributed by atoms with E-state index in [1.165, 1.54) is 17.7 Å². The molecule has 1 atom stereocenters. The molecule has 106 valence electrons. The summed E-state index contributed by atoms with van der Waals surface area (Å²) in [5.41, 5.74) is 2.06. The van der Waals surface area contributed by atoms with Gasteiger partial charge in [-0.15, -0.1) is 0 Å². The number of nitrogens with one attached hydrogen (secondary N) is 1. The van der Waals surface area contributed by atoms with E-state index < -0.39 is 6.61 Å². The summed E-state index contributed by atoms with van der Waals surface area (Å²) in [5.74, 6) is 1.20. The molecule has 0 saturated carbocycles. The summed E-state index contributed by atoms with van der Waals surface area (Å²) in [6.07, 6.45) is 4.79. The number of alkyl halides is 2. The summed E-state index contributed by atoms with van der Waals surface area (Å²) in [6, 6.07) is 8.75. The SMILES string of the molecule is FC(F)Oc1ccc(NC2CCCc3occc32)cc1. The lowest BCUT2D eigenvalue weighted by Gasteiger charge is -2.23. The van der Waals surface area contributed by atoms with Crippen LogP contribution in [0.5, 0.6) is 5.75 Å². The van der Waals surface area contributed by atoms with Gasteiger partial charge in [-0.2, -0.15) is 8.78 Å². The Labute approximate surface area is 115 Å². The Morgan fingerprint density at radius 1 is 1.20 bits per heavy atom. The Balaban J connectivity index is 1.70. The molecule has 3 nitrogen and oxygen atoms in total. The summed E-state index contributed by atoms with van der Waals surface area (Å²) in [5, 5.41) is 3.40. The minimum atomic E-state index is -2.79. The van der Waals surface area contributed by atoms with Gasteiger partial charge >= 0.3 is 6.61 Å². The molecule has 1 aliphatic carbocycles. The zero-order valence-corrected chi connectivity index (χ0v) is 10.8. The van der Waals surface area contributed by atoms with Crippen molar-refractivity contribution in [1.29, 1.82) is 0 Å². The molecular weight excluding hydrogens is 264 g/mol. The summed E-state index contributed by atoms with van der Waals surface area (Å²) >= 11 is 0. The van der Waals surface area contributed by atoms with Crippen molar-refractivity contribution in [3.8, 4) is 5.75 Å². The number of aryl methyl sites for hydroxylation is 1. The molecule has 1 aromatic heterocycles. The van der Waals surface area contributed by atoms with Crippen LogP contribution >= 0.6 is 0 Å².